The van der Waals surface area contributed by atoms with Crippen molar-refractivity contribution in [1.29, 1.82) is 0 Å². The fraction of sp³-hybridized carbons (Fsp3) is 0.400. The van der Waals surface area contributed by atoms with Crippen LogP contribution in [0.1, 0.15) is 40.2 Å². The minimum Gasteiger partial charge on any atom is -0.381 e. The molecule has 1 amide bonds. The minimum atomic E-state index is -3.37. The molecule has 2 aliphatic rings. The Morgan fingerprint density at radius 3 is 2.83 bits per heavy atom. The summed E-state index contributed by atoms with van der Waals surface area (Å²) in [6.45, 7) is 3.51. The smallest absolute Gasteiger partial charge is 0.256 e. The number of ether oxygens (including phenoxy) is 1. The van der Waals surface area contributed by atoms with Gasteiger partial charge in [-0.25, -0.2) is 13.4 Å². The van der Waals surface area contributed by atoms with E-state index in [1.807, 2.05) is 12.1 Å². The third-order valence-corrected chi connectivity index (χ3v) is 7.33. The second-order valence-corrected chi connectivity index (χ2v) is 9.84. The van der Waals surface area contributed by atoms with Gasteiger partial charge in [0.1, 0.15) is 5.82 Å². The van der Waals surface area contributed by atoms with Gasteiger partial charge in [-0.05, 0) is 55.2 Å². The predicted octanol–water partition coefficient (Wildman–Crippen LogP) is 3.34. The van der Waals surface area contributed by atoms with E-state index in [-0.39, 0.29) is 23.4 Å². The summed E-state index contributed by atoms with van der Waals surface area (Å²) in [5, 5.41) is 3.42. The number of carbonyl (C=O) groups is 1. The maximum absolute atomic E-state index is 12.9. The molecular weight excluding hydrogens is 414 g/mol. The number of aryl methyl sites for hydroxylation is 1. The summed E-state index contributed by atoms with van der Waals surface area (Å²) < 4.78 is 31.1. The average molecular weight is 436 g/mol. The van der Waals surface area contributed by atoms with Gasteiger partial charge < -0.3 is 10.1 Å². The van der Waals surface area contributed by atoms with Crippen molar-refractivity contribution in [3.05, 3.63) is 52.2 Å². The zero-order valence-electron chi connectivity index (χ0n) is 16.0. The molecule has 1 unspecified atom stereocenters. The van der Waals surface area contributed by atoms with Gasteiger partial charge in [0.2, 0.25) is 10.0 Å². The molecule has 0 bridgehead atoms. The molecule has 2 saturated heterocycles. The molecule has 2 fully saturated rings. The molecule has 1 aromatic carbocycles. The van der Waals surface area contributed by atoms with Gasteiger partial charge in [0.05, 0.1) is 12.4 Å². The molecule has 1 N–H and O–H groups in total. The number of hydrogen-bond acceptors (Lipinski definition) is 5. The van der Waals surface area contributed by atoms with Crippen LogP contribution >= 0.6 is 11.6 Å². The normalized spacial score (nSPS) is 20.8. The van der Waals surface area contributed by atoms with E-state index >= 15 is 0 Å². The second-order valence-electron chi connectivity index (χ2n) is 7.39. The number of nitrogens with one attached hydrogen (secondary N) is 1. The van der Waals surface area contributed by atoms with Gasteiger partial charge in [-0.15, -0.1) is 0 Å². The number of pyridine rings is 1. The number of sulfonamides is 1. The number of rotatable bonds is 4. The van der Waals surface area contributed by atoms with Gasteiger partial charge in [0.25, 0.3) is 5.91 Å². The minimum absolute atomic E-state index is 0.0975. The van der Waals surface area contributed by atoms with Crippen LogP contribution in [0.2, 0.25) is 5.02 Å². The van der Waals surface area contributed by atoms with Gasteiger partial charge in [-0.3, -0.25) is 9.10 Å². The van der Waals surface area contributed by atoms with E-state index in [0.717, 1.165) is 18.6 Å². The molecule has 4 rings (SSSR count). The standard InChI is InChI=1S/C20H22ClN3O4S/c1-13-11-22-19(24-4-2-6-29(24,26)27)10-18(13)20(25)23-17-8-15(7-16(21)9-17)14-3-5-28-12-14/h7-11,14H,2-6,12H2,1H3,(H,23,25). The van der Waals surface area contributed by atoms with Gasteiger partial charge in [0.15, 0.2) is 0 Å². The predicted molar refractivity (Wildman–Crippen MR) is 112 cm³/mol. The van der Waals surface area contributed by atoms with Crippen LogP contribution in [0.5, 0.6) is 0 Å². The molecule has 0 saturated carbocycles. The van der Waals surface area contributed by atoms with Crippen LogP contribution in [0.3, 0.4) is 0 Å². The Morgan fingerprint density at radius 2 is 2.14 bits per heavy atom. The zero-order valence-corrected chi connectivity index (χ0v) is 17.6. The fourth-order valence-corrected chi connectivity index (χ4v) is 5.46. The Morgan fingerprint density at radius 1 is 1.31 bits per heavy atom. The first-order valence-electron chi connectivity index (χ1n) is 9.50. The number of benzene rings is 1. The molecule has 9 heteroatoms. The highest BCUT2D eigenvalue weighted by Crippen LogP contribution is 2.30. The highest BCUT2D eigenvalue weighted by atomic mass is 35.5. The largest absolute Gasteiger partial charge is 0.381 e. The fourth-order valence-electron chi connectivity index (χ4n) is 3.71. The van der Waals surface area contributed by atoms with Crippen molar-refractivity contribution >= 4 is 39.0 Å². The van der Waals surface area contributed by atoms with E-state index in [1.165, 1.54) is 16.6 Å². The van der Waals surface area contributed by atoms with Crippen LogP contribution in [0.4, 0.5) is 11.5 Å². The molecule has 154 valence electrons. The highest BCUT2D eigenvalue weighted by molar-refractivity contribution is 7.93. The van der Waals surface area contributed by atoms with Crippen LogP contribution in [0.15, 0.2) is 30.5 Å². The highest BCUT2D eigenvalue weighted by Gasteiger charge is 2.30. The monoisotopic (exact) mass is 435 g/mol. The summed E-state index contributed by atoms with van der Waals surface area (Å²) in [5.41, 5.74) is 2.66. The summed E-state index contributed by atoms with van der Waals surface area (Å²) >= 11 is 6.26. The summed E-state index contributed by atoms with van der Waals surface area (Å²) in [4.78, 5) is 17.2. The Bertz CT molecular complexity index is 1050. The number of nitrogens with zero attached hydrogens (tertiary/aromatic N) is 2. The Hall–Kier alpha value is -2.16. The van der Waals surface area contributed by atoms with E-state index < -0.39 is 10.0 Å². The van der Waals surface area contributed by atoms with E-state index in [2.05, 4.69) is 10.3 Å². The molecule has 7 nitrogen and oxygen atoms in total. The molecule has 3 heterocycles. The number of carbonyl (C=O) groups excluding carboxylic acids is 1. The Balaban J connectivity index is 1.59. The summed E-state index contributed by atoms with van der Waals surface area (Å²) in [5.74, 6) is 0.297. The Labute approximate surface area is 175 Å². The third kappa shape index (κ3) is 4.24. The number of amides is 1. The lowest BCUT2D eigenvalue weighted by Crippen LogP contribution is -2.26. The first-order chi connectivity index (χ1) is 13.8. The molecule has 2 aliphatic heterocycles. The van der Waals surface area contributed by atoms with E-state index in [4.69, 9.17) is 16.3 Å². The second kappa shape index (κ2) is 7.93. The lowest BCUT2D eigenvalue weighted by Gasteiger charge is -2.17. The molecule has 0 spiro atoms. The number of aromatic nitrogens is 1. The SMILES string of the molecule is Cc1cnc(N2CCCS2(=O)=O)cc1C(=O)Nc1cc(Cl)cc(C2CCOC2)c1. The first-order valence-corrected chi connectivity index (χ1v) is 11.5. The van der Waals surface area contributed by atoms with Crippen LogP contribution in [0.25, 0.3) is 0 Å². The first kappa shape index (κ1) is 20.1. The van der Waals surface area contributed by atoms with E-state index in [1.54, 1.807) is 13.0 Å². The van der Waals surface area contributed by atoms with Crippen molar-refractivity contribution in [1.82, 2.24) is 4.98 Å². The molecular formula is C20H22ClN3O4S. The number of hydrogen-bond donors (Lipinski definition) is 1. The quantitative estimate of drug-likeness (QED) is 0.795. The van der Waals surface area contributed by atoms with Crippen LogP contribution < -0.4 is 9.62 Å². The Kier molecular flexibility index (Phi) is 5.50. The van der Waals surface area contributed by atoms with Gasteiger partial charge in [-0.2, -0.15) is 0 Å². The third-order valence-electron chi connectivity index (χ3n) is 5.27. The van der Waals surface area contributed by atoms with Crippen molar-refractivity contribution in [3.63, 3.8) is 0 Å². The number of halogens is 1. The molecule has 1 atom stereocenters. The van der Waals surface area contributed by atoms with Crippen molar-refractivity contribution in [2.24, 2.45) is 0 Å². The lowest BCUT2D eigenvalue weighted by molar-refractivity contribution is 0.102. The van der Waals surface area contributed by atoms with Gasteiger partial charge >= 0.3 is 0 Å². The van der Waals surface area contributed by atoms with Crippen molar-refractivity contribution < 1.29 is 17.9 Å². The van der Waals surface area contributed by atoms with E-state index in [9.17, 15) is 13.2 Å². The molecule has 1 aromatic heterocycles. The molecule has 0 radical (unpaired) electrons. The molecule has 0 aliphatic carbocycles. The van der Waals surface area contributed by atoms with Gasteiger partial charge in [-0.1, -0.05) is 11.6 Å². The van der Waals surface area contributed by atoms with Crippen molar-refractivity contribution in [2.45, 2.75) is 25.7 Å². The topological polar surface area (TPSA) is 88.6 Å². The van der Waals surface area contributed by atoms with Gasteiger partial charge in [0, 0.05) is 41.5 Å². The summed E-state index contributed by atoms with van der Waals surface area (Å²) in [7, 11) is -3.37. The maximum Gasteiger partial charge on any atom is 0.256 e. The average Bonchev–Trinajstić information content (AvgIpc) is 3.31. The molecule has 29 heavy (non-hydrogen) atoms. The van der Waals surface area contributed by atoms with Crippen LogP contribution in [-0.2, 0) is 14.8 Å². The van der Waals surface area contributed by atoms with Crippen molar-refractivity contribution in [3.8, 4) is 0 Å². The number of anilines is 2. The van der Waals surface area contributed by atoms with Crippen molar-refractivity contribution in [2.75, 3.05) is 35.1 Å². The van der Waals surface area contributed by atoms with Crippen LogP contribution in [-0.4, -0.2) is 44.8 Å². The van der Waals surface area contributed by atoms with E-state index in [0.29, 0.717) is 41.4 Å². The summed E-state index contributed by atoms with van der Waals surface area (Å²) in [6, 6.07) is 7.03. The maximum atomic E-state index is 12.9. The zero-order chi connectivity index (χ0) is 20.6. The van der Waals surface area contributed by atoms with Crippen LogP contribution in [0, 0.1) is 6.92 Å². The summed E-state index contributed by atoms with van der Waals surface area (Å²) in [6.07, 6.45) is 3.00. The molecule has 2 aromatic rings. The lowest BCUT2D eigenvalue weighted by atomic mass is 9.98.